The zero-order valence-electron chi connectivity index (χ0n) is 36.2. The van der Waals surface area contributed by atoms with Gasteiger partial charge in [-0.1, -0.05) is 159 Å². The summed E-state index contributed by atoms with van der Waals surface area (Å²) in [5.74, 6) is -0.929. The minimum absolute atomic E-state index is 0.0880. The predicted molar refractivity (Wildman–Crippen MR) is 233 cm³/mol. The Balaban J connectivity index is 4.43. The highest BCUT2D eigenvalue weighted by Crippen LogP contribution is 2.13. The van der Waals surface area contributed by atoms with Crippen LogP contribution in [-0.4, -0.2) is 37.2 Å². The quantitative estimate of drug-likeness (QED) is 0.0267. The second-order valence-corrected chi connectivity index (χ2v) is 15.3. The second kappa shape index (κ2) is 44.1. The number of hydrogen-bond acceptors (Lipinski definition) is 6. The van der Waals surface area contributed by atoms with Gasteiger partial charge in [0.25, 0.3) is 0 Å². The van der Waals surface area contributed by atoms with Crippen LogP contribution in [0.4, 0.5) is 0 Å². The summed E-state index contributed by atoms with van der Waals surface area (Å²) in [5.41, 5.74) is 0. The molecule has 0 aromatic heterocycles. The summed E-state index contributed by atoms with van der Waals surface area (Å²) in [4.78, 5) is 37.7. The number of unbranched alkanes of at least 4 members (excludes halogenated alkanes) is 22. The van der Waals surface area contributed by atoms with Crippen LogP contribution in [0.5, 0.6) is 0 Å². The van der Waals surface area contributed by atoms with E-state index in [1.54, 1.807) is 0 Å². The Hall–Kier alpha value is -2.63. The molecule has 0 amide bonds. The van der Waals surface area contributed by atoms with Crippen LogP contribution in [0, 0.1) is 0 Å². The summed E-state index contributed by atoms with van der Waals surface area (Å²) >= 11 is 0. The molecule has 0 saturated carbocycles. The standard InChI is InChI=1S/C49H86O6/c1-4-7-10-13-16-19-22-25-28-30-33-36-39-42-48(51)54-45-46(55-49(52)43-40-37-34-31-27-24-21-18-15-12-9-6-3)44-53-47(50)41-38-35-32-29-26-23-20-17-14-11-8-5-2/h9,12,17-18,20-21,25,28,46H,4-8,10-11,13-16,19,22-24,26-27,29-45H2,1-3H3/b12-9-,20-17-,21-18-,28-25-. The maximum Gasteiger partial charge on any atom is 0.306 e. The Morgan fingerprint density at radius 1 is 0.382 bits per heavy atom. The largest absolute Gasteiger partial charge is 0.462 e. The maximum absolute atomic E-state index is 12.7. The molecule has 0 aromatic carbocycles. The zero-order chi connectivity index (χ0) is 40.1. The van der Waals surface area contributed by atoms with Crippen molar-refractivity contribution in [3.63, 3.8) is 0 Å². The third kappa shape index (κ3) is 42.4. The summed E-state index contributed by atoms with van der Waals surface area (Å²) in [6.07, 6.45) is 50.9. The van der Waals surface area contributed by atoms with Gasteiger partial charge in [-0.2, -0.15) is 0 Å². The van der Waals surface area contributed by atoms with Gasteiger partial charge < -0.3 is 14.2 Å². The van der Waals surface area contributed by atoms with E-state index in [1.807, 2.05) is 0 Å². The summed E-state index contributed by atoms with van der Waals surface area (Å²) < 4.78 is 16.7. The van der Waals surface area contributed by atoms with Crippen molar-refractivity contribution in [1.82, 2.24) is 0 Å². The molecule has 0 heterocycles. The molecule has 0 aliphatic heterocycles. The van der Waals surface area contributed by atoms with Gasteiger partial charge >= 0.3 is 17.9 Å². The van der Waals surface area contributed by atoms with Gasteiger partial charge in [-0.25, -0.2) is 0 Å². The highest BCUT2D eigenvalue weighted by atomic mass is 16.6. The average molecular weight is 771 g/mol. The molecule has 0 aromatic rings. The Morgan fingerprint density at radius 2 is 0.709 bits per heavy atom. The summed E-state index contributed by atoms with van der Waals surface area (Å²) in [6.45, 7) is 6.45. The lowest BCUT2D eigenvalue weighted by molar-refractivity contribution is -0.167. The van der Waals surface area contributed by atoms with Crippen molar-refractivity contribution >= 4 is 17.9 Å². The van der Waals surface area contributed by atoms with E-state index in [0.29, 0.717) is 19.3 Å². The van der Waals surface area contributed by atoms with E-state index in [4.69, 9.17) is 14.2 Å². The molecule has 0 saturated heterocycles. The van der Waals surface area contributed by atoms with Gasteiger partial charge in [0.2, 0.25) is 0 Å². The zero-order valence-corrected chi connectivity index (χ0v) is 36.2. The number of hydrogen-bond donors (Lipinski definition) is 0. The summed E-state index contributed by atoms with van der Waals surface area (Å²) in [5, 5.41) is 0. The maximum atomic E-state index is 12.7. The van der Waals surface area contributed by atoms with Crippen molar-refractivity contribution in [3.05, 3.63) is 48.6 Å². The Kier molecular flexibility index (Phi) is 42.0. The normalized spacial score (nSPS) is 12.4. The van der Waals surface area contributed by atoms with Crippen LogP contribution >= 0.6 is 0 Å². The third-order valence-electron chi connectivity index (χ3n) is 9.79. The van der Waals surface area contributed by atoms with Crippen molar-refractivity contribution in [2.24, 2.45) is 0 Å². The van der Waals surface area contributed by atoms with Crippen molar-refractivity contribution in [2.45, 2.75) is 232 Å². The van der Waals surface area contributed by atoms with Gasteiger partial charge in [0.15, 0.2) is 6.10 Å². The van der Waals surface area contributed by atoms with Gasteiger partial charge in [-0.05, 0) is 96.3 Å². The van der Waals surface area contributed by atoms with Crippen LogP contribution in [0.1, 0.15) is 226 Å². The second-order valence-electron chi connectivity index (χ2n) is 15.3. The first-order chi connectivity index (χ1) is 27.0. The highest BCUT2D eigenvalue weighted by molar-refractivity contribution is 5.71. The molecular weight excluding hydrogens is 685 g/mol. The predicted octanol–water partition coefficient (Wildman–Crippen LogP) is 14.8. The molecule has 0 spiro atoms. The van der Waals surface area contributed by atoms with Crippen LogP contribution in [0.15, 0.2) is 48.6 Å². The van der Waals surface area contributed by atoms with Gasteiger partial charge in [-0.15, -0.1) is 0 Å². The monoisotopic (exact) mass is 771 g/mol. The fourth-order valence-electron chi connectivity index (χ4n) is 6.29. The first-order valence-electron chi connectivity index (χ1n) is 23.1. The molecule has 55 heavy (non-hydrogen) atoms. The first kappa shape index (κ1) is 52.4. The molecule has 0 bridgehead atoms. The van der Waals surface area contributed by atoms with Gasteiger partial charge in [0.05, 0.1) is 0 Å². The molecule has 1 unspecified atom stereocenters. The van der Waals surface area contributed by atoms with Gasteiger partial charge in [0, 0.05) is 19.3 Å². The Bertz CT molecular complexity index is 980. The van der Waals surface area contributed by atoms with E-state index in [0.717, 1.165) is 109 Å². The van der Waals surface area contributed by atoms with Crippen molar-refractivity contribution in [1.29, 1.82) is 0 Å². The van der Waals surface area contributed by atoms with Crippen molar-refractivity contribution in [3.8, 4) is 0 Å². The lowest BCUT2D eigenvalue weighted by atomic mass is 10.1. The number of allylic oxidation sites excluding steroid dienone is 8. The van der Waals surface area contributed by atoms with E-state index in [1.165, 1.54) is 77.0 Å². The van der Waals surface area contributed by atoms with Gasteiger partial charge in [-0.3, -0.25) is 14.4 Å². The lowest BCUT2D eigenvalue weighted by Crippen LogP contribution is -2.30. The van der Waals surface area contributed by atoms with Crippen LogP contribution in [-0.2, 0) is 28.6 Å². The van der Waals surface area contributed by atoms with E-state index in [9.17, 15) is 14.4 Å². The number of carbonyl (C=O) groups is 3. The topological polar surface area (TPSA) is 78.9 Å². The molecule has 6 heteroatoms. The number of esters is 3. The number of rotatable bonds is 41. The Labute approximate surface area is 339 Å². The molecule has 1 atom stereocenters. The molecule has 0 radical (unpaired) electrons. The molecular formula is C49H86O6. The average Bonchev–Trinajstić information content (AvgIpc) is 3.18. The Morgan fingerprint density at radius 3 is 1.16 bits per heavy atom. The molecule has 0 aliphatic rings. The molecule has 0 rings (SSSR count). The SMILES string of the molecule is CC/C=C\C/C=C\CCCCCCCC(=O)OC(COC(=O)CCCCC/C=C\CCCCCCCC)COC(=O)CCCCCCC/C=C\CCCCC. The minimum Gasteiger partial charge on any atom is -0.462 e. The molecule has 0 fully saturated rings. The molecule has 0 aliphatic carbocycles. The molecule has 318 valence electrons. The van der Waals surface area contributed by atoms with Crippen LogP contribution in [0.3, 0.4) is 0 Å². The van der Waals surface area contributed by atoms with Crippen LogP contribution in [0.2, 0.25) is 0 Å². The fourth-order valence-corrected chi connectivity index (χ4v) is 6.29. The van der Waals surface area contributed by atoms with Gasteiger partial charge in [0.1, 0.15) is 13.2 Å². The van der Waals surface area contributed by atoms with E-state index in [-0.39, 0.29) is 31.1 Å². The first-order valence-corrected chi connectivity index (χ1v) is 23.1. The van der Waals surface area contributed by atoms with E-state index >= 15 is 0 Å². The summed E-state index contributed by atoms with van der Waals surface area (Å²) in [7, 11) is 0. The van der Waals surface area contributed by atoms with E-state index < -0.39 is 6.10 Å². The molecule has 6 nitrogen and oxygen atoms in total. The number of carbonyl (C=O) groups excluding carboxylic acids is 3. The fraction of sp³-hybridized carbons (Fsp3) is 0.776. The van der Waals surface area contributed by atoms with E-state index in [2.05, 4.69) is 69.4 Å². The smallest absolute Gasteiger partial charge is 0.306 e. The van der Waals surface area contributed by atoms with Crippen LogP contribution in [0.25, 0.3) is 0 Å². The minimum atomic E-state index is -0.786. The number of ether oxygens (including phenoxy) is 3. The third-order valence-corrected chi connectivity index (χ3v) is 9.79. The lowest BCUT2D eigenvalue weighted by Gasteiger charge is -2.18. The van der Waals surface area contributed by atoms with Crippen molar-refractivity contribution in [2.75, 3.05) is 13.2 Å². The highest BCUT2D eigenvalue weighted by Gasteiger charge is 2.19. The summed E-state index contributed by atoms with van der Waals surface area (Å²) in [6, 6.07) is 0. The van der Waals surface area contributed by atoms with Crippen LogP contribution < -0.4 is 0 Å². The molecule has 0 N–H and O–H groups in total. The van der Waals surface area contributed by atoms with Crippen molar-refractivity contribution < 1.29 is 28.6 Å².